The van der Waals surface area contributed by atoms with Crippen LogP contribution in [-0.2, 0) is 24.9 Å². The number of aromatic nitrogens is 1. The minimum absolute atomic E-state index is 0. The molecule has 36 heavy (non-hydrogen) atoms. The zero-order chi connectivity index (χ0) is 25.8. The van der Waals surface area contributed by atoms with Crippen LogP contribution in [0.1, 0.15) is 25.0 Å². The summed E-state index contributed by atoms with van der Waals surface area (Å²) in [7, 11) is 0. The molecule has 1 aromatic heterocycles. The molecule has 0 amide bonds. The number of aliphatic hydroxyl groups excluding tert-OH is 1. The Morgan fingerprint density at radius 3 is 2.14 bits per heavy atom. The van der Waals surface area contributed by atoms with Crippen molar-refractivity contribution in [3.05, 3.63) is 95.9 Å². The third-order valence-corrected chi connectivity index (χ3v) is 10.2. The molecule has 0 atom stereocenters. The van der Waals surface area contributed by atoms with Crippen molar-refractivity contribution in [2.75, 3.05) is 0 Å². The number of allylic oxidation sites excluding steroid dienone is 2. The van der Waals surface area contributed by atoms with E-state index in [4.69, 9.17) is 10.1 Å². The van der Waals surface area contributed by atoms with Gasteiger partial charge in [-0.2, -0.15) is 0 Å². The number of benzene rings is 3. The van der Waals surface area contributed by atoms with E-state index >= 15 is 0 Å². The molecule has 4 rings (SSSR count). The van der Waals surface area contributed by atoms with Gasteiger partial charge in [-0.3, -0.25) is 4.79 Å². The van der Waals surface area contributed by atoms with Gasteiger partial charge in [0.1, 0.15) is 0 Å². The smallest absolute Gasteiger partial charge is 0 e. The van der Waals surface area contributed by atoms with Crippen molar-refractivity contribution < 1.29 is 30.0 Å². The molecule has 1 heterocycles. The summed E-state index contributed by atoms with van der Waals surface area (Å²) in [4.78, 5) is 14.7. The number of carbonyl (C=O) groups excluding carboxylic acids is 1. The van der Waals surface area contributed by atoms with Gasteiger partial charge in [0.15, 0.2) is 5.78 Å². The molecule has 0 fully saturated rings. The first-order valence-corrected chi connectivity index (χ1v) is 19.2. The summed E-state index contributed by atoms with van der Waals surface area (Å²) in [5.41, 5.74) is 7.00. The fourth-order valence-electron chi connectivity index (χ4n) is 3.98. The molecule has 3 aromatic carbocycles. The monoisotopic (exact) mass is 719 g/mol. The molecule has 189 valence electrons. The Balaban J connectivity index is 0.000000503. The second-order valence-corrected chi connectivity index (χ2v) is 20.7. The van der Waals surface area contributed by atoms with E-state index in [-0.39, 0.29) is 31.6 Å². The molecule has 5 heteroatoms. The van der Waals surface area contributed by atoms with Gasteiger partial charge in [0.2, 0.25) is 0 Å². The van der Waals surface area contributed by atoms with Crippen LogP contribution in [0.5, 0.6) is 0 Å². The molecule has 0 aliphatic heterocycles. The van der Waals surface area contributed by atoms with Crippen LogP contribution in [0.25, 0.3) is 33.2 Å². The van der Waals surface area contributed by atoms with Crippen molar-refractivity contribution in [3.8, 4) is 22.4 Å². The second kappa shape index (κ2) is 12.6. The number of rotatable bonds is 4. The van der Waals surface area contributed by atoms with E-state index in [2.05, 4.69) is 97.8 Å². The average Bonchev–Trinajstić information content (AvgIpc) is 2.78. The van der Waals surface area contributed by atoms with Crippen molar-refractivity contribution >= 4 is 34.2 Å². The zero-order valence-electron chi connectivity index (χ0n) is 22.1. The number of fused-ring (bicyclic) bond motifs is 1. The van der Waals surface area contributed by atoms with E-state index in [1.807, 2.05) is 6.20 Å². The summed E-state index contributed by atoms with van der Waals surface area (Å²) >= 11 is -1.79. The fraction of sp³-hybridized carbons (Fsp3) is 0.226. The molecule has 0 saturated carbocycles. The first-order valence-electron chi connectivity index (χ1n) is 11.8. The van der Waals surface area contributed by atoms with Gasteiger partial charge in [0.25, 0.3) is 0 Å². The van der Waals surface area contributed by atoms with Gasteiger partial charge >= 0.3 is 165 Å². The van der Waals surface area contributed by atoms with Crippen molar-refractivity contribution in [2.24, 2.45) is 0 Å². The third kappa shape index (κ3) is 7.73. The predicted molar refractivity (Wildman–Crippen MR) is 151 cm³/mol. The molecule has 4 aromatic rings. The molecule has 1 radical (unpaired) electrons. The first-order chi connectivity index (χ1) is 16.5. The maximum absolute atomic E-state index is 10.0. The van der Waals surface area contributed by atoms with Crippen LogP contribution in [0.2, 0.25) is 17.3 Å². The molecule has 0 aliphatic rings. The molecule has 0 bridgehead atoms. The first kappa shape index (κ1) is 29.7. The number of aliphatic hydroxyl groups is 1. The maximum Gasteiger partial charge on any atom is 0 e. The summed E-state index contributed by atoms with van der Waals surface area (Å²) in [5, 5.41) is 10.8. The van der Waals surface area contributed by atoms with E-state index in [9.17, 15) is 4.79 Å². The summed E-state index contributed by atoms with van der Waals surface area (Å²) in [6.45, 7) is 7.14. The Morgan fingerprint density at radius 2 is 1.58 bits per heavy atom. The molecule has 0 saturated heterocycles. The summed E-state index contributed by atoms with van der Waals surface area (Å²) < 4.78 is 1.54. The summed E-state index contributed by atoms with van der Waals surface area (Å²) in [5.74, 6) is 7.24. The molecule has 0 aliphatic carbocycles. The standard InChI is InChI=1S/C26H26GeN.C5H8O2.Ir/c1-18-14-22(15-21-8-6-7-9-24(18)21)26-16-25(19(2)17-28-26)20-10-12-23(13-11-20)27(3,4)5;1-4(6)3-5(2)7;/h6-14,16-17H,1-5H3;3,6H,1-2H3;/q-1;;/b;4-3-;. The van der Waals surface area contributed by atoms with Crippen molar-refractivity contribution in [3.63, 3.8) is 0 Å². The van der Waals surface area contributed by atoms with Crippen LogP contribution in [0.3, 0.4) is 0 Å². The molecule has 0 unspecified atom stereocenters. The predicted octanol–water partition coefficient (Wildman–Crippen LogP) is 7.57. The van der Waals surface area contributed by atoms with Crippen LogP contribution in [0.4, 0.5) is 0 Å². The Bertz CT molecular complexity index is 1380. The number of ketones is 1. The second-order valence-electron chi connectivity index (χ2n) is 10.0. The molecule has 0 spiro atoms. The van der Waals surface area contributed by atoms with Crippen LogP contribution in [0.15, 0.2) is 78.7 Å². The molecular formula is C31H34GeIrNO2-. The van der Waals surface area contributed by atoms with E-state index in [0.717, 1.165) is 16.6 Å². The summed E-state index contributed by atoms with van der Waals surface area (Å²) in [6, 6.07) is 25.6. The average molecular weight is 717 g/mol. The minimum atomic E-state index is -1.79. The van der Waals surface area contributed by atoms with Gasteiger partial charge in [0, 0.05) is 26.2 Å². The quantitative estimate of drug-likeness (QED) is 0.103. The third-order valence-electron chi connectivity index (χ3n) is 5.84. The van der Waals surface area contributed by atoms with Gasteiger partial charge in [0.05, 0.1) is 5.76 Å². The van der Waals surface area contributed by atoms with Crippen molar-refractivity contribution in [1.82, 2.24) is 4.98 Å². The van der Waals surface area contributed by atoms with Crippen LogP contribution in [0, 0.1) is 19.9 Å². The Hall–Kier alpha value is -2.53. The number of aryl methyl sites for hydroxylation is 2. The minimum Gasteiger partial charge on any atom is 0 e. The van der Waals surface area contributed by atoms with Gasteiger partial charge in [-0.15, -0.1) is 0 Å². The van der Waals surface area contributed by atoms with Gasteiger partial charge in [-0.05, 0) is 13.8 Å². The zero-order valence-corrected chi connectivity index (χ0v) is 26.6. The van der Waals surface area contributed by atoms with Crippen LogP contribution < -0.4 is 4.40 Å². The van der Waals surface area contributed by atoms with E-state index in [1.165, 1.54) is 52.0 Å². The molecule has 1 N–H and O–H groups in total. The number of hydrogen-bond acceptors (Lipinski definition) is 3. The van der Waals surface area contributed by atoms with Crippen molar-refractivity contribution in [2.45, 2.75) is 45.0 Å². The topological polar surface area (TPSA) is 50.2 Å². The van der Waals surface area contributed by atoms with Gasteiger partial charge < -0.3 is 5.11 Å². The van der Waals surface area contributed by atoms with Crippen molar-refractivity contribution in [1.29, 1.82) is 0 Å². The van der Waals surface area contributed by atoms with E-state index in [0.29, 0.717) is 0 Å². The van der Waals surface area contributed by atoms with Crippen LogP contribution in [-0.4, -0.2) is 29.1 Å². The SMILES string of the molecule is CC(=O)/C=C(/C)O.Cc1cnc(-c2[c-]c3ccccc3c(C)c2)cc1-c1cc[c]([Ge]([CH3])([CH3])[CH3])cc1.[Ir]. The largest absolute Gasteiger partial charge is 0 e. The maximum atomic E-state index is 10.0. The number of hydrogen-bond donors (Lipinski definition) is 1. The van der Waals surface area contributed by atoms with E-state index in [1.54, 1.807) is 0 Å². The Labute approximate surface area is 231 Å². The van der Waals surface area contributed by atoms with Gasteiger partial charge in [-0.25, -0.2) is 0 Å². The van der Waals surface area contributed by atoms with E-state index < -0.39 is 13.3 Å². The normalized spacial score (nSPS) is 11.4. The molecular weight excluding hydrogens is 683 g/mol. The Kier molecular flexibility index (Phi) is 10.4. The number of carbonyl (C=O) groups is 1. The number of pyridine rings is 1. The number of nitrogens with zero attached hydrogens (tertiary/aromatic N) is 1. The van der Waals surface area contributed by atoms with Gasteiger partial charge in [-0.1, -0.05) is 6.07 Å². The van der Waals surface area contributed by atoms with Crippen LogP contribution >= 0.6 is 0 Å². The molecule has 3 nitrogen and oxygen atoms in total. The fourth-order valence-corrected chi connectivity index (χ4v) is 6.42. The summed E-state index contributed by atoms with van der Waals surface area (Å²) in [6.07, 6.45) is 3.15. The Morgan fingerprint density at radius 1 is 0.944 bits per heavy atom.